The molecule has 0 aliphatic rings. The molecule has 1 atom stereocenters. The fourth-order valence-corrected chi connectivity index (χ4v) is 3.43. The van der Waals surface area contributed by atoms with Crippen molar-refractivity contribution in [2.75, 3.05) is 7.11 Å². The number of hydrogen-bond donors (Lipinski definition) is 1. The fraction of sp³-hybridized carbons (Fsp3) is 0.320. The zero-order valence-corrected chi connectivity index (χ0v) is 18.8. The monoisotopic (exact) mass is 436 g/mol. The second-order valence-electron chi connectivity index (χ2n) is 7.83. The first kappa shape index (κ1) is 23.1. The largest absolute Gasteiger partial charge is 0.497 e. The van der Waals surface area contributed by atoms with Crippen LogP contribution in [-0.2, 0) is 22.6 Å². The molecule has 0 radical (unpaired) electrons. The van der Waals surface area contributed by atoms with Crippen LogP contribution in [0, 0.1) is 5.92 Å². The highest BCUT2D eigenvalue weighted by molar-refractivity contribution is 5.99. The zero-order valence-electron chi connectivity index (χ0n) is 18.8. The lowest BCUT2D eigenvalue weighted by Gasteiger charge is -2.18. The van der Waals surface area contributed by atoms with Crippen molar-refractivity contribution in [1.29, 1.82) is 0 Å². The van der Waals surface area contributed by atoms with Crippen LogP contribution in [0.2, 0.25) is 0 Å². The lowest BCUT2D eigenvalue weighted by molar-refractivity contribution is -0.130. The first-order valence-electron chi connectivity index (χ1n) is 10.4. The summed E-state index contributed by atoms with van der Waals surface area (Å²) >= 11 is 0. The number of primary amides is 1. The maximum atomic E-state index is 11.8. The average molecular weight is 437 g/mol. The number of nitrogens with zero attached hydrogens (tertiary/aromatic N) is 1. The summed E-state index contributed by atoms with van der Waals surface area (Å²) in [6.07, 6.45) is 1.87. The van der Waals surface area contributed by atoms with Crippen LogP contribution in [0.5, 0.6) is 17.2 Å². The molecule has 1 amide bonds. The van der Waals surface area contributed by atoms with E-state index in [1.165, 1.54) is 6.92 Å². The summed E-state index contributed by atoms with van der Waals surface area (Å²) in [5.74, 6) is 0.147. The van der Waals surface area contributed by atoms with E-state index in [-0.39, 0.29) is 24.9 Å². The number of nitrogens with two attached hydrogens (primary N) is 1. The van der Waals surface area contributed by atoms with Crippen LogP contribution >= 0.6 is 0 Å². The number of hydrogen-bond acceptors (Lipinski definition) is 6. The molecule has 0 saturated carbocycles. The molecule has 0 saturated heterocycles. The van der Waals surface area contributed by atoms with E-state index in [0.717, 1.165) is 22.0 Å². The van der Waals surface area contributed by atoms with Crippen molar-refractivity contribution in [2.24, 2.45) is 11.7 Å². The molecule has 2 N–H and O–H groups in total. The Kier molecular flexibility index (Phi) is 7.30. The molecule has 0 spiro atoms. The molecule has 168 valence electrons. The maximum absolute atomic E-state index is 11.8. The van der Waals surface area contributed by atoms with E-state index in [1.807, 2.05) is 50.2 Å². The number of pyridine rings is 1. The highest BCUT2D eigenvalue weighted by Crippen LogP contribution is 2.33. The van der Waals surface area contributed by atoms with Crippen molar-refractivity contribution in [3.05, 3.63) is 59.8 Å². The van der Waals surface area contributed by atoms with Crippen LogP contribution in [0.25, 0.3) is 10.9 Å². The van der Waals surface area contributed by atoms with Crippen LogP contribution in [-0.4, -0.2) is 29.9 Å². The van der Waals surface area contributed by atoms with Crippen molar-refractivity contribution in [2.45, 2.75) is 39.9 Å². The molecule has 1 unspecified atom stereocenters. The molecule has 3 rings (SSSR count). The van der Waals surface area contributed by atoms with Crippen molar-refractivity contribution in [3.63, 3.8) is 0 Å². The second kappa shape index (κ2) is 10.1. The summed E-state index contributed by atoms with van der Waals surface area (Å²) in [7, 11) is 1.61. The van der Waals surface area contributed by atoms with Gasteiger partial charge in [0, 0.05) is 11.6 Å². The number of aromatic nitrogens is 1. The molecule has 32 heavy (non-hydrogen) atoms. The van der Waals surface area contributed by atoms with Crippen LogP contribution in [0.3, 0.4) is 0 Å². The van der Waals surface area contributed by atoms with Crippen LogP contribution in [0.1, 0.15) is 31.9 Å². The number of carbonyl (C=O) groups excluding carboxylic acids is 2. The minimum Gasteiger partial charge on any atom is -0.497 e. The number of rotatable bonds is 10. The van der Waals surface area contributed by atoms with Gasteiger partial charge in [0.05, 0.1) is 24.3 Å². The van der Waals surface area contributed by atoms with Gasteiger partial charge < -0.3 is 19.9 Å². The number of benzene rings is 2. The van der Waals surface area contributed by atoms with Gasteiger partial charge in [-0.15, -0.1) is 0 Å². The van der Waals surface area contributed by atoms with E-state index >= 15 is 0 Å². The van der Waals surface area contributed by atoms with Gasteiger partial charge in [-0.2, -0.15) is 0 Å². The summed E-state index contributed by atoms with van der Waals surface area (Å²) in [6, 6.07) is 12.9. The van der Waals surface area contributed by atoms with Gasteiger partial charge in [0.2, 0.25) is 5.91 Å². The third-order valence-corrected chi connectivity index (χ3v) is 5.07. The third kappa shape index (κ3) is 5.35. The Hall–Kier alpha value is -3.61. The first-order valence-corrected chi connectivity index (χ1v) is 10.4. The molecule has 3 aromatic rings. The number of para-hydroxylation sites is 1. The maximum Gasteiger partial charge on any atom is 0.228 e. The fourth-order valence-electron chi connectivity index (χ4n) is 3.43. The lowest BCUT2D eigenvalue weighted by atomic mass is 9.95. The zero-order chi connectivity index (χ0) is 23.3. The van der Waals surface area contributed by atoms with E-state index in [1.54, 1.807) is 19.4 Å². The number of ether oxygens (including phenoxy) is 3. The van der Waals surface area contributed by atoms with E-state index in [9.17, 15) is 9.59 Å². The summed E-state index contributed by atoms with van der Waals surface area (Å²) in [5, 5.41) is 0.831. The van der Waals surface area contributed by atoms with E-state index < -0.39 is 11.8 Å². The van der Waals surface area contributed by atoms with E-state index in [4.69, 9.17) is 19.9 Å². The summed E-state index contributed by atoms with van der Waals surface area (Å²) < 4.78 is 17.6. The molecule has 1 heterocycles. The van der Waals surface area contributed by atoms with Crippen LogP contribution in [0.15, 0.2) is 48.7 Å². The van der Waals surface area contributed by atoms with E-state index in [2.05, 4.69) is 4.98 Å². The van der Waals surface area contributed by atoms with Gasteiger partial charge in [0.25, 0.3) is 0 Å². The Morgan fingerprint density at radius 1 is 1.09 bits per heavy atom. The Balaban J connectivity index is 1.92. The molecular formula is C25H28N2O5. The van der Waals surface area contributed by atoms with Crippen molar-refractivity contribution in [3.8, 4) is 17.2 Å². The molecule has 0 bridgehead atoms. The van der Waals surface area contributed by atoms with Gasteiger partial charge in [-0.05, 0) is 57.0 Å². The van der Waals surface area contributed by atoms with Gasteiger partial charge >= 0.3 is 0 Å². The van der Waals surface area contributed by atoms with Gasteiger partial charge in [0.15, 0.2) is 0 Å². The average Bonchev–Trinajstić information content (AvgIpc) is 2.76. The van der Waals surface area contributed by atoms with Gasteiger partial charge in [0.1, 0.15) is 35.6 Å². The smallest absolute Gasteiger partial charge is 0.228 e. The molecule has 7 heteroatoms. The molecule has 2 aromatic carbocycles. The van der Waals surface area contributed by atoms with E-state index in [0.29, 0.717) is 17.2 Å². The molecular weight excluding hydrogens is 408 g/mol. The number of methoxy groups -OCH3 is 1. The van der Waals surface area contributed by atoms with Gasteiger partial charge in [-0.25, -0.2) is 0 Å². The topological polar surface area (TPSA) is 101 Å². The van der Waals surface area contributed by atoms with Crippen LogP contribution < -0.4 is 19.9 Å². The SMILES string of the molecule is COc1ccc2ncc(COc3ccccc3CC(C(C)=O)C(N)=O)c(OC(C)C)c2c1. The minimum absolute atomic E-state index is 0.0512. The molecule has 1 aromatic heterocycles. The number of amides is 1. The summed E-state index contributed by atoms with van der Waals surface area (Å²) in [4.78, 5) is 28.0. The predicted molar refractivity (Wildman–Crippen MR) is 122 cm³/mol. The van der Waals surface area contributed by atoms with Crippen molar-refractivity contribution in [1.82, 2.24) is 4.98 Å². The minimum atomic E-state index is -0.894. The molecule has 0 fully saturated rings. The van der Waals surface area contributed by atoms with Crippen molar-refractivity contribution >= 4 is 22.6 Å². The van der Waals surface area contributed by atoms with Crippen molar-refractivity contribution < 1.29 is 23.8 Å². The first-order chi connectivity index (χ1) is 15.3. The molecule has 7 nitrogen and oxygen atoms in total. The quantitative estimate of drug-likeness (QED) is 0.485. The normalized spacial score (nSPS) is 11.9. The third-order valence-electron chi connectivity index (χ3n) is 5.07. The molecule has 0 aliphatic heterocycles. The second-order valence-corrected chi connectivity index (χ2v) is 7.83. The summed E-state index contributed by atoms with van der Waals surface area (Å²) in [6.45, 7) is 5.47. The Bertz CT molecular complexity index is 1110. The Morgan fingerprint density at radius 2 is 1.84 bits per heavy atom. The number of Topliss-reactive ketones (excluding diaryl/α,β-unsaturated/α-hetero) is 1. The highest BCUT2D eigenvalue weighted by atomic mass is 16.5. The highest BCUT2D eigenvalue weighted by Gasteiger charge is 2.23. The Labute approximate surface area is 187 Å². The van der Waals surface area contributed by atoms with Gasteiger partial charge in [-0.1, -0.05) is 18.2 Å². The predicted octanol–water partition coefficient (Wildman–Crippen LogP) is 3.84. The molecule has 0 aliphatic carbocycles. The van der Waals surface area contributed by atoms with Crippen LogP contribution in [0.4, 0.5) is 0 Å². The standard InChI is InChI=1S/C25H28N2O5/c1-15(2)32-24-18(13-27-22-10-9-19(30-4)12-21(22)24)14-31-23-8-6-5-7-17(23)11-20(16(3)28)25(26)29/h5-10,12-13,15,20H,11,14H2,1-4H3,(H2,26,29). The van der Waals surface area contributed by atoms with Gasteiger partial charge in [-0.3, -0.25) is 14.6 Å². The number of fused-ring (bicyclic) bond motifs is 1. The number of ketones is 1. The Morgan fingerprint density at radius 3 is 2.50 bits per heavy atom. The number of carbonyl (C=O) groups is 2. The summed E-state index contributed by atoms with van der Waals surface area (Å²) in [5.41, 5.74) is 7.70. The lowest BCUT2D eigenvalue weighted by Crippen LogP contribution is -2.30.